The lowest BCUT2D eigenvalue weighted by Gasteiger charge is -2.11. The first kappa shape index (κ1) is 15.1. The molecule has 1 aromatic carbocycles. The lowest BCUT2D eigenvalue weighted by Crippen LogP contribution is -2.30. The molecule has 2 rings (SSSR count). The Hall–Kier alpha value is -0.330. The molecule has 0 bridgehead atoms. The number of benzene rings is 1. The zero-order chi connectivity index (χ0) is 13.9. The lowest BCUT2D eigenvalue weighted by atomic mass is 10.2. The van der Waals surface area contributed by atoms with E-state index in [1.165, 1.54) is 18.2 Å². The molecule has 1 saturated heterocycles. The second kappa shape index (κ2) is 6.41. The van der Waals surface area contributed by atoms with E-state index in [1.807, 2.05) is 0 Å². The van der Waals surface area contributed by atoms with Gasteiger partial charge in [-0.05, 0) is 44.0 Å². The number of rotatable bonds is 5. The van der Waals surface area contributed by atoms with Crippen LogP contribution in [-0.4, -0.2) is 27.5 Å². The maximum atomic E-state index is 12.0. The largest absolute Gasteiger partial charge is 0.314 e. The summed E-state index contributed by atoms with van der Waals surface area (Å²) in [5, 5.41) is 3.91. The second-order valence-corrected chi connectivity index (χ2v) is 7.14. The van der Waals surface area contributed by atoms with Gasteiger partial charge in [0.2, 0.25) is 10.0 Å². The van der Waals surface area contributed by atoms with Gasteiger partial charge in [0.15, 0.2) is 0 Å². The van der Waals surface area contributed by atoms with E-state index in [0.717, 1.165) is 25.8 Å². The molecule has 1 fully saturated rings. The summed E-state index contributed by atoms with van der Waals surface area (Å²) in [4.78, 5) is 0.140. The van der Waals surface area contributed by atoms with Gasteiger partial charge in [-0.1, -0.05) is 23.2 Å². The van der Waals surface area contributed by atoms with E-state index < -0.39 is 10.0 Å². The van der Waals surface area contributed by atoms with E-state index in [0.29, 0.717) is 17.6 Å². The summed E-state index contributed by atoms with van der Waals surface area (Å²) in [5.41, 5.74) is 0. The van der Waals surface area contributed by atoms with E-state index in [1.54, 1.807) is 0 Å². The van der Waals surface area contributed by atoms with Crippen molar-refractivity contribution in [1.29, 1.82) is 0 Å². The molecule has 1 heterocycles. The Morgan fingerprint density at radius 2 is 2.11 bits per heavy atom. The fourth-order valence-electron chi connectivity index (χ4n) is 2.10. The minimum Gasteiger partial charge on any atom is -0.314 e. The van der Waals surface area contributed by atoms with Crippen LogP contribution in [0.4, 0.5) is 0 Å². The van der Waals surface area contributed by atoms with Crippen molar-refractivity contribution in [3.05, 3.63) is 28.2 Å². The maximum absolute atomic E-state index is 12.0. The zero-order valence-electron chi connectivity index (χ0n) is 10.3. The van der Waals surface area contributed by atoms with E-state index in [2.05, 4.69) is 10.0 Å². The third kappa shape index (κ3) is 4.07. The standard InChI is InChI=1S/C12H16Cl2N2O2S/c13-11-4-3-10(8-12(11)14)19(17,18)16-7-5-9-2-1-6-15-9/h3-4,8-9,15-16H,1-2,5-7H2/t9-/m1/s1. The first-order chi connectivity index (χ1) is 8.99. The molecule has 0 saturated carbocycles. The van der Waals surface area contributed by atoms with E-state index in [4.69, 9.17) is 23.2 Å². The van der Waals surface area contributed by atoms with Crippen molar-refractivity contribution in [3.63, 3.8) is 0 Å². The van der Waals surface area contributed by atoms with Crippen molar-refractivity contribution < 1.29 is 8.42 Å². The molecule has 106 valence electrons. The van der Waals surface area contributed by atoms with E-state index in [-0.39, 0.29) is 9.92 Å². The Morgan fingerprint density at radius 3 is 2.74 bits per heavy atom. The van der Waals surface area contributed by atoms with Gasteiger partial charge >= 0.3 is 0 Å². The predicted octanol–water partition coefficient (Wildman–Crippen LogP) is 2.41. The molecule has 1 atom stereocenters. The Balaban J connectivity index is 1.95. The fraction of sp³-hybridized carbons (Fsp3) is 0.500. The lowest BCUT2D eigenvalue weighted by molar-refractivity contribution is 0.539. The number of nitrogens with one attached hydrogen (secondary N) is 2. The van der Waals surface area contributed by atoms with Gasteiger partial charge in [0.05, 0.1) is 14.9 Å². The first-order valence-corrected chi connectivity index (χ1v) is 8.41. The van der Waals surface area contributed by atoms with Crippen LogP contribution in [0, 0.1) is 0 Å². The molecule has 0 spiro atoms. The van der Waals surface area contributed by atoms with Gasteiger partial charge in [-0.15, -0.1) is 0 Å². The van der Waals surface area contributed by atoms with Crippen LogP contribution >= 0.6 is 23.2 Å². The fourth-order valence-corrected chi connectivity index (χ4v) is 3.53. The Kier molecular flexibility index (Phi) is 5.09. The van der Waals surface area contributed by atoms with Gasteiger partial charge in [-0.25, -0.2) is 13.1 Å². The van der Waals surface area contributed by atoms with E-state index >= 15 is 0 Å². The predicted molar refractivity (Wildman–Crippen MR) is 77.3 cm³/mol. The number of halogens is 2. The van der Waals surface area contributed by atoms with Crippen LogP contribution in [0.15, 0.2) is 23.1 Å². The van der Waals surface area contributed by atoms with Gasteiger partial charge in [-0.2, -0.15) is 0 Å². The quantitative estimate of drug-likeness (QED) is 0.875. The third-order valence-electron chi connectivity index (χ3n) is 3.15. The smallest absolute Gasteiger partial charge is 0.240 e. The van der Waals surface area contributed by atoms with Gasteiger partial charge in [-0.3, -0.25) is 0 Å². The average Bonchev–Trinajstić information content (AvgIpc) is 2.85. The normalized spacial score (nSPS) is 19.8. The summed E-state index contributed by atoms with van der Waals surface area (Å²) in [6.07, 6.45) is 3.05. The highest BCUT2D eigenvalue weighted by atomic mass is 35.5. The van der Waals surface area contributed by atoms with Crippen molar-refractivity contribution in [2.24, 2.45) is 0 Å². The van der Waals surface area contributed by atoms with Crippen LogP contribution in [0.2, 0.25) is 10.0 Å². The molecular formula is C12H16Cl2N2O2S. The molecule has 2 N–H and O–H groups in total. The van der Waals surface area contributed by atoms with Crippen LogP contribution in [0.1, 0.15) is 19.3 Å². The number of sulfonamides is 1. The third-order valence-corrected chi connectivity index (χ3v) is 5.35. The Morgan fingerprint density at radius 1 is 1.32 bits per heavy atom. The van der Waals surface area contributed by atoms with E-state index in [9.17, 15) is 8.42 Å². The highest BCUT2D eigenvalue weighted by Crippen LogP contribution is 2.24. The van der Waals surface area contributed by atoms with Crippen molar-refractivity contribution in [2.45, 2.75) is 30.2 Å². The van der Waals surface area contributed by atoms with Crippen molar-refractivity contribution in [2.75, 3.05) is 13.1 Å². The monoisotopic (exact) mass is 322 g/mol. The molecule has 0 unspecified atom stereocenters. The summed E-state index contributed by atoms with van der Waals surface area (Å²) in [7, 11) is -3.51. The van der Waals surface area contributed by atoms with Crippen LogP contribution in [0.5, 0.6) is 0 Å². The minimum atomic E-state index is -3.51. The second-order valence-electron chi connectivity index (χ2n) is 4.56. The summed E-state index contributed by atoms with van der Waals surface area (Å²) in [5.74, 6) is 0. The molecule has 4 nitrogen and oxygen atoms in total. The molecular weight excluding hydrogens is 307 g/mol. The molecule has 0 amide bonds. The highest BCUT2D eigenvalue weighted by Gasteiger charge is 2.17. The zero-order valence-corrected chi connectivity index (χ0v) is 12.7. The van der Waals surface area contributed by atoms with Crippen LogP contribution in [0.25, 0.3) is 0 Å². The van der Waals surface area contributed by atoms with Crippen molar-refractivity contribution in [3.8, 4) is 0 Å². The van der Waals surface area contributed by atoms with Crippen LogP contribution in [-0.2, 0) is 10.0 Å². The SMILES string of the molecule is O=S(=O)(NCC[C@H]1CCCN1)c1ccc(Cl)c(Cl)c1. The highest BCUT2D eigenvalue weighted by molar-refractivity contribution is 7.89. The Labute approximate surface area is 123 Å². The molecule has 7 heteroatoms. The molecule has 1 aliphatic heterocycles. The first-order valence-electron chi connectivity index (χ1n) is 6.17. The molecule has 0 radical (unpaired) electrons. The summed E-state index contributed by atoms with van der Waals surface area (Å²) >= 11 is 11.6. The number of hydrogen-bond acceptors (Lipinski definition) is 3. The Bertz CT molecular complexity index is 543. The molecule has 0 aliphatic carbocycles. The molecule has 0 aromatic heterocycles. The van der Waals surface area contributed by atoms with Gasteiger partial charge in [0.1, 0.15) is 0 Å². The summed E-state index contributed by atoms with van der Waals surface area (Å²) in [6, 6.07) is 4.71. The molecule has 19 heavy (non-hydrogen) atoms. The topological polar surface area (TPSA) is 58.2 Å². The van der Waals surface area contributed by atoms with Gasteiger partial charge in [0, 0.05) is 12.6 Å². The maximum Gasteiger partial charge on any atom is 0.240 e. The van der Waals surface area contributed by atoms with Crippen molar-refractivity contribution >= 4 is 33.2 Å². The van der Waals surface area contributed by atoms with Gasteiger partial charge in [0.25, 0.3) is 0 Å². The minimum absolute atomic E-state index is 0.140. The van der Waals surface area contributed by atoms with Crippen LogP contribution in [0.3, 0.4) is 0 Å². The molecule has 1 aliphatic rings. The molecule has 1 aromatic rings. The summed E-state index contributed by atoms with van der Waals surface area (Å²) < 4.78 is 26.7. The number of hydrogen-bond donors (Lipinski definition) is 2. The van der Waals surface area contributed by atoms with Crippen LogP contribution < -0.4 is 10.0 Å². The average molecular weight is 323 g/mol. The van der Waals surface area contributed by atoms with Crippen molar-refractivity contribution in [1.82, 2.24) is 10.0 Å². The van der Waals surface area contributed by atoms with Gasteiger partial charge < -0.3 is 5.32 Å². The summed E-state index contributed by atoms with van der Waals surface area (Å²) in [6.45, 7) is 1.43.